The molecular formula is C16H19N3O6S. The van der Waals surface area contributed by atoms with E-state index in [0.717, 1.165) is 5.56 Å². The maximum Gasteiger partial charge on any atom is 0.351 e. The number of aliphatic hydroxyl groups excluding tert-OH is 1. The van der Waals surface area contributed by atoms with E-state index in [4.69, 9.17) is 14.7 Å². The lowest BCUT2D eigenvalue weighted by Gasteiger charge is -2.16. The molecule has 0 spiro atoms. The van der Waals surface area contributed by atoms with Crippen LogP contribution in [0.3, 0.4) is 0 Å². The van der Waals surface area contributed by atoms with Gasteiger partial charge in [0.2, 0.25) is 0 Å². The molecule has 140 valence electrons. The average Bonchev–Trinajstić information content (AvgIpc) is 2.94. The van der Waals surface area contributed by atoms with Gasteiger partial charge in [0.1, 0.15) is 18.1 Å². The van der Waals surface area contributed by atoms with Crippen LogP contribution in [0.2, 0.25) is 0 Å². The van der Waals surface area contributed by atoms with Crippen molar-refractivity contribution < 1.29 is 22.4 Å². The molecule has 1 saturated heterocycles. The standard InChI is InChI=1S/C16H19N3O6S/c1-10-2-4-11(5-3-10)26(22,23)24-9-13-12(20)8-15(25-13)19-7-6-14(17)18-16(19)21/h2-7,12-13,15,20H,8-9H2,1H3,(H2,17,18,21)/t12-,13+,15-/m1/s1. The van der Waals surface area contributed by atoms with Gasteiger partial charge in [-0.25, -0.2) is 4.79 Å². The molecule has 26 heavy (non-hydrogen) atoms. The number of rotatable bonds is 5. The molecule has 1 aliphatic rings. The third kappa shape index (κ3) is 3.93. The van der Waals surface area contributed by atoms with Gasteiger partial charge in [0.25, 0.3) is 10.1 Å². The summed E-state index contributed by atoms with van der Waals surface area (Å²) >= 11 is 0. The van der Waals surface area contributed by atoms with Crippen LogP contribution in [0.5, 0.6) is 0 Å². The van der Waals surface area contributed by atoms with Crippen LogP contribution >= 0.6 is 0 Å². The number of aryl methyl sites for hydroxylation is 1. The number of hydrogen-bond acceptors (Lipinski definition) is 8. The number of anilines is 1. The number of benzene rings is 1. The smallest absolute Gasteiger partial charge is 0.351 e. The molecule has 1 aromatic heterocycles. The molecular weight excluding hydrogens is 362 g/mol. The largest absolute Gasteiger partial charge is 0.390 e. The lowest BCUT2D eigenvalue weighted by molar-refractivity contribution is -0.0399. The van der Waals surface area contributed by atoms with Gasteiger partial charge in [-0.05, 0) is 25.1 Å². The summed E-state index contributed by atoms with van der Waals surface area (Å²) in [6.07, 6.45) is -1.15. The number of nitrogens with two attached hydrogens (primary N) is 1. The van der Waals surface area contributed by atoms with E-state index < -0.39 is 34.2 Å². The third-order valence-corrected chi connectivity index (χ3v) is 5.36. The highest BCUT2D eigenvalue weighted by atomic mass is 32.2. The topological polar surface area (TPSA) is 134 Å². The van der Waals surface area contributed by atoms with Gasteiger partial charge in [0, 0.05) is 12.6 Å². The van der Waals surface area contributed by atoms with E-state index in [0.29, 0.717) is 0 Å². The second kappa shape index (κ2) is 7.16. The van der Waals surface area contributed by atoms with Crippen molar-refractivity contribution in [2.24, 2.45) is 0 Å². The first-order valence-electron chi connectivity index (χ1n) is 7.90. The molecule has 0 radical (unpaired) electrons. The van der Waals surface area contributed by atoms with Crippen LogP contribution in [0.1, 0.15) is 18.2 Å². The van der Waals surface area contributed by atoms with Crippen molar-refractivity contribution in [1.82, 2.24) is 9.55 Å². The van der Waals surface area contributed by atoms with E-state index in [9.17, 15) is 18.3 Å². The van der Waals surface area contributed by atoms with Crippen LogP contribution in [0.4, 0.5) is 5.82 Å². The van der Waals surface area contributed by atoms with Gasteiger partial charge < -0.3 is 15.6 Å². The highest BCUT2D eigenvalue weighted by Gasteiger charge is 2.36. The highest BCUT2D eigenvalue weighted by Crippen LogP contribution is 2.28. The van der Waals surface area contributed by atoms with Gasteiger partial charge in [-0.2, -0.15) is 13.4 Å². The molecule has 9 nitrogen and oxygen atoms in total. The SMILES string of the molecule is Cc1ccc(S(=O)(=O)OC[C@@H]2O[C@@H](n3ccc(N)nc3=O)C[C@H]2O)cc1. The van der Waals surface area contributed by atoms with Crippen LogP contribution in [0.25, 0.3) is 0 Å². The van der Waals surface area contributed by atoms with Crippen LogP contribution in [0.15, 0.2) is 46.2 Å². The van der Waals surface area contributed by atoms with Crippen molar-refractivity contribution in [2.75, 3.05) is 12.3 Å². The normalized spacial score (nSPS) is 23.2. The van der Waals surface area contributed by atoms with Gasteiger partial charge in [0.05, 0.1) is 17.6 Å². The Kier molecular flexibility index (Phi) is 5.10. The summed E-state index contributed by atoms with van der Waals surface area (Å²) in [4.78, 5) is 15.5. The van der Waals surface area contributed by atoms with Crippen LogP contribution in [-0.4, -0.2) is 41.9 Å². The van der Waals surface area contributed by atoms with Crippen molar-refractivity contribution >= 4 is 15.9 Å². The Labute approximate surface area is 150 Å². The predicted molar refractivity (Wildman–Crippen MR) is 91.8 cm³/mol. The Morgan fingerprint density at radius 3 is 2.69 bits per heavy atom. The van der Waals surface area contributed by atoms with E-state index in [1.807, 2.05) is 6.92 Å². The fraction of sp³-hybridized carbons (Fsp3) is 0.375. The highest BCUT2D eigenvalue weighted by molar-refractivity contribution is 7.86. The first-order chi connectivity index (χ1) is 12.3. The molecule has 2 aromatic rings. The van der Waals surface area contributed by atoms with E-state index >= 15 is 0 Å². The minimum Gasteiger partial charge on any atom is -0.390 e. The lowest BCUT2D eigenvalue weighted by atomic mass is 10.2. The Hall–Kier alpha value is -2.27. The summed E-state index contributed by atoms with van der Waals surface area (Å²) in [5.41, 5.74) is 5.75. The molecule has 10 heteroatoms. The summed E-state index contributed by atoms with van der Waals surface area (Å²) in [5.74, 6) is 0.0777. The fourth-order valence-electron chi connectivity index (χ4n) is 2.61. The molecule has 1 fully saturated rings. The summed E-state index contributed by atoms with van der Waals surface area (Å²) in [5, 5.41) is 10.1. The number of nitrogens with zero attached hydrogens (tertiary/aromatic N) is 2. The number of hydrogen-bond donors (Lipinski definition) is 2. The molecule has 0 unspecified atom stereocenters. The number of aromatic nitrogens is 2. The molecule has 3 atom stereocenters. The Morgan fingerprint density at radius 1 is 1.35 bits per heavy atom. The van der Waals surface area contributed by atoms with Gasteiger partial charge in [-0.15, -0.1) is 0 Å². The molecule has 0 bridgehead atoms. The van der Waals surface area contributed by atoms with E-state index in [1.54, 1.807) is 12.1 Å². The first-order valence-corrected chi connectivity index (χ1v) is 9.31. The Bertz CT molecular complexity index is 941. The molecule has 1 aliphatic heterocycles. The number of aliphatic hydroxyl groups is 1. The zero-order chi connectivity index (χ0) is 18.9. The van der Waals surface area contributed by atoms with Crippen molar-refractivity contribution in [3.8, 4) is 0 Å². The van der Waals surface area contributed by atoms with Gasteiger partial charge >= 0.3 is 5.69 Å². The second-order valence-corrected chi connectivity index (χ2v) is 7.64. The molecule has 1 aromatic carbocycles. The summed E-state index contributed by atoms with van der Waals surface area (Å²) in [7, 11) is -3.97. The van der Waals surface area contributed by atoms with E-state index in [-0.39, 0.29) is 23.7 Å². The van der Waals surface area contributed by atoms with Crippen LogP contribution in [-0.2, 0) is 19.0 Å². The fourth-order valence-corrected chi connectivity index (χ4v) is 3.53. The third-order valence-electron chi connectivity index (χ3n) is 4.06. The van der Waals surface area contributed by atoms with Gasteiger partial charge in [-0.1, -0.05) is 17.7 Å². The summed E-state index contributed by atoms with van der Waals surface area (Å²) < 4.78 is 36.2. The lowest BCUT2D eigenvalue weighted by Crippen LogP contribution is -2.29. The van der Waals surface area contributed by atoms with Crippen molar-refractivity contribution in [3.05, 3.63) is 52.6 Å². The second-order valence-electron chi connectivity index (χ2n) is 6.03. The Balaban J connectivity index is 1.67. The Morgan fingerprint density at radius 2 is 2.04 bits per heavy atom. The van der Waals surface area contributed by atoms with Gasteiger partial charge in [-0.3, -0.25) is 8.75 Å². The van der Waals surface area contributed by atoms with E-state index in [1.165, 1.54) is 29.0 Å². The van der Waals surface area contributed by atoms with Crippen LogP contribution in [0, 0.1) is 6.92 Å². The zero-order valence-electron chi connectivity index (χ0n) is 14.0. The molecule has 2 heterocycles. The molecule has 0 saturated carbocycles. The summed E-state index contributed by atoms with van der Waals surface area (Å²) in [6, 6.07) is 7.64. The zero-order valence-corrected chi connectivity index (χ0v) is 14.8. The monoisotopic (exact) mass is 381 g/mol. The summed E-state index contributed by atoms with van der Waals surface area (Å²) in [6.45, 7) is 1.47. The maximum absolute atomic E-state index is 12.2. The number of ether oxygens (including phenoxy) is 1. The molecule has 3 rings (SSSR count). The van der Waals surface area contributed by atoms with Crippen molar-refractivity contribution in [3.63, 3.8) is 0 Å². The van der Waals surface area contributed by atoms with Gasteiger partial charge in [0.15, 0.2) is 0 Å². The van der Waals surface area contributed by atoms with Crippen LogP contribution < -0.4 is 11.4 Å². The molecule has 0 aliphatic carbocycles. The van der Waals surface area contributed by atoms with E-state index in [2.05, 4.69) is 4.98 Å². The average molecular weight is 381 g/mol. The predicted octanol–water partition coefficient (Wildman–Crippen LogP) is 0.188. The first kappa shape index (κ1) is 18.5. The number of nitrogen functional groups attached to an aromatic ring is 1. The van der Waals surface area contributed by atoms with Crippen molar-refractivity contribution in [2.45, 2.75) is 36.7 Å². The quantitative estimate of drug-likeness (QED) is 0.701. The minimum atomic E-state index is -3.97. The molecule has 3 N–H and O–H groups in total. The molecule has 0 amide bonds. The maximum atomic E-state index is 12.2. The minimum absolute atomic E-state index is 0.0195. The van der Waals surface area contributed by atoms with Crippen molar-refractivity contribution in [1.29, 1.82) is 0 Å².